The molecule has 1 spiro atoms. The Hall–Kier alpha value is -3.01. The normalized spacial score (nSPS) is 23.9. The van der Waals surface area contributed by atoms with Gasteiger partial charge in [-0.2, -0.15) is 5.10 Å². The van der Waals surface area contributed by atoms with Crippen LogP contribution in [0.2, 0.25) is 5.02 Å². The third-order valence-corrected chi connectivity index (χ3v) is 8.96. The molecule has 4 aromatic rings. The van der Waals surface area contributed by atoms with Gasteiger partial charge >= 0.3 is 0 Å². The Morgan fingerprint density at radius 1 is 0.686 bits per heavy atom. The van der Waals surface area contributed by atoms with Crippen molar-refractivity contribution in [1.29, 1.82) is 0 Å². The van der Waals surface area contributed by atoms with Crippen molar-refractivity contribution in [3.63, 3.8) is 0 Å². The van der Waals surface area contributed by atoms with Gasteiger partial charge in [-0.25, -0.2) is 0 Å². The van der Waals surface area contributed by atoms with E-state index < -0.39 is 0 Å². The predicted octanol–water partition coefficient (Wildman–Crippen LogP) is 8.56. The second-order valence-electron chi connectivity index (χ2n) is 9.47. The molecule has 2 aliphatic heterocycles. The molecule has 1 fully saturated rings. The number of benzene rings is 4. The molecular formula is C31H27ClN2S. The summed E-state index contributed by atoms with van der Waals surface area (Å²) in [5.41, 5.74) is 6.20. The van der Waals surface area contributed by atoms with E-state index in [1.807, 2.05) is 12.1 Å². The molecule has 0 N–H and O–H groups in total. The van der Waals surface area contributed by atoms with Gasteiger partial charge in [0.25, 0.3) is 0 Å². The molecule has 2 aliphatic rings. The average molecular weight is 495 g/mol. The van der Waals surface area contributed by atoms with Crippen molar-refractivity contribution in [2.75, 3.05) is 11.6 Å². The fourth-order valence-corrected chi connectivity index (χ4v) is 7.46. The number of hydrogen-bond acceptors (Lipinski definition) is 3. The summed E-state index contributed by atoms with van der Waals surface area (Å²) >= 11 is 8.37. The van der Waals surface area contributed by atoms with Crippen molar-refractivity contribution in [3.8, 4) is 0 Å². The molecule has 3 atom stereocenters. The lowest BCUT2D eigenvalue weighted by atomic mass is 9.71. The molecular weight excluding hydrogens is 468 g/mol. The Labute approximate surface area is 216 Å². The van der Waals surface area contributed by atoms with Crippen molar-refractivity contribution in [3.05, 3.63) is 137 Å². The fraction of sp³-hybridized carbons (Fsp3) is 0.194. The van der Waals surface area contributed by atoms with Gasteiger partial charge in [0.05, 0.1) is 17.9 Å². The highest BCUT2D eigenvalue weighted by Crippen LogP contribution is 2.59. The summed E-state index contributed by atoms with van der Waals surface area (Å²) in [6.07, 6.45) is 2.10. The van der Waals surface area contributed by atoms with E-state index in [1.165, 1.54) is 22.4 Å². The summed E-state index contributed by atoms with van der Waals surface area (Å²) in [5, 5.41) is 9.04. The van der Waals surface area contributed by atoms with Gasteiger partial charge in [-0.05, 0) is 53.8 Å². The highest BCUT2D eigenvalue weighted by atomic mass is 35.5. The van der Waals surface area contributed by atoms with Gasteiger partial charge in [0.15, 0.2) is 0 Å². The number of rotatable bonds is 4. The van der Waals surface area contributed by atoms with Crippen molar-refractivity contribution >= 4 is 34.8 Å². The molecule has 1 saturated heterocycles. The van der Waals surface area contributed by atoms with E-state index >= 15 is 0 Å². The quantitative estimate of drug-likeness (QED) is 0.282. The molecule has 35 heavy (non-hydrogen) atoms. The van der Waals surface area contributed by atoms with E-state index in [9.17, 15) is 0 Å². The molecule has 4 aromatic carbocycles. The van der Waals surface area contributed by atoms with E-state index in [2.05, 4.69) is 120 Å². The molecule has 0 aromatic heterocycles. The topological polar surface area (TPSA) is 15.6 Å². The second kappa shape index (κ2) is 9.56. The highest BCUT2D eigenvalue weighted by molar-refractivity contribution is 7.99. The third kappa shape index (κ3) is 4.51. The van der Waals surface area contributed by atoms with Crippen molar-refractivity contribution in [1.82, 2.24) is 0 Å². The van der Waals surface area contributed by atoms with Crippen LogP contribution in [0.1, 0.15) is 40.0 Å². The second-order valence-corrected chi connectivity index (χ2v) is 11.3. The number of thioether (sulfide) groups is 1. The van der Waals surface area contributed by atoms with E-state index in [0.717, 1.165) is 30.1 Å². The van der Waals surface area contributed by atoms with Crippen LogP contribution in [0.15, 0.2) is 120 Å². The fourth-order valence-electron chi connectivity index (χ4n) is 5.48. The third-order valence-electron chi connectivity index (χ3n) is 7.17. The Morgan fingerprint density at radius 3 is 1.74 bits per heavy atom. The first-order valence-electron chi connectivity index (χ1n) is 12.1. The van der Waals surface area contributed by atoms with Crippen molar-refractivity contribution in [2.45, 2.75) is 23.3 Å². The predicted molar refractivity (Wildman–Crippen MR) is 149 cm³/mol. The molecule has 2 heterocycles. The Morgan fingerprint density at radius 2 is 1.20 bits per heavy atom. The molecule has 2 nitrogen and oxygen atoms in total. The number of hydrazone groups is 1. The number of anilines is 1. The van der Waals surface area contributed by atoms with Crippen molar-refractivity contribution in [2.24, 2.45) is 10.5 Å². The molecule has 174 valence electrons. The summed E-state index contributed by atoms with van der Waals surface area (Å²) in [7, 11) is 0. The van der Waals surface area contributed by atoms with Crippen LogP contribution in [0.3, 0.4) is 0 Å². The summed E-state index contributed by atoms with van der Waals surface area (Å²) in [4.78, 5) is 0. The summed E-state index contributed by atoms with van der Waals surface area (Å²) < 4.78 is 0. The smallest absolute Gasteiger partial charge is 0.0763 e. The lowest BCUT2D eigenvalue weighted by molar-refractivity contribution is 0.357. The molecule has 0 saturated carbocycles. The summed E-state index contributed by atoms with van der Waals surface area (Å²) in [6, 6.07) is 40.8. The minimum atomic E-state index is -0.0735. The highest BCUT2D eigenvalue weighted by Gasteiger charge is 2.50. The summed E-state index contributed by atoms with van der Waals surface area (Å²) in [5.74, 6) is 0. The maximum absolute atomic E-state index is 6.27. The van der Waals surface area contributed by atoms with Gasteiger partial charge in [-0.3, -0.25) is 5.01 Å². The molecule has 6 rings (SSSR count). The van der Waals surface area contributed by atoms with Gasteiger partial charge in [0.1, 0.15) is 0 Å². The number of nitrogens with zero attached hydrogens (tertiary/aromatic N) is 2. The van der Waals surface area contributed by atoms with Gasteiger partial charge in [-0.15, -0.1) is 11.8 Å². The molecule has 0 aliphatic carbocycles. The molecule has 4 heteroatoms. The zero-order valence-corrected chi connectivity index (χ0v) is 21.0. The van der Waals surface area contributed by atoms with E-state index in [-0.39, 0.29) is 5.41 Å². The van der Waals surface area contributed by atoms with E-state index in [1.54, 1.807) is 0 Å². The standard InChI is InChI=1S/C31H27ClN2S/c32-26-18-16-25(17-19-26)30-31(22-34(33-30)27-14-8-3-9-15-27)20-28(23-10-4-1-5-11-23)35-29(21-31)24-12-6-2-7-13-24/h1-19,28-29H,20-22H2/t28-,29+,31?. The lowest BCUT2D eigenvalue weighted by Crippen LogP contribution is -2.39. The first kappa shape index (κ1) is 22.5. The first-order chi connectivity index (χ1) is 17.2. The van der Waals surface area contributed by atoms with Crippen LogP contribution in [0.5, 0.6) is 0 Å². The molecule has 0 radical (unpaired) electrons. The number of halogens is 1. The first-order valence-corrected chi connectivity index (χ1v) is 13.5. The zero-order chi connectivity index (χ0) is 23.7. The minimum absolute atomic E-state index is 0.0735. The summed E-state index contributed by atoms with van der Waals surface area (Å²) in [6.45, 7) is 0.877. The SMILES string of the molecule is Clc1ccc(C2=NN(c3ccccc3)CC23C[C@@H](c2ccccc2)S[C@@H](c2ccccc2)C3)cc1. The maximum atomic E-state index is 6.27. The van der Waals surface area contributed by atoms with Gasteiger partial charge in [0.2, 0.25) is 0 Å². The van der Waals surface area contributed by atoms with E-state index in [4.69, 9.17) is 16.7 Å². The molecule has 0 bridgehead atoms. The number of hydrogen-bond donors (Lipinski definition) is 0. The Balaban J connectivity index is 1.47. The van der Waals surface area contributed by atoms with E-state index in [0.29, 0.717) is 10.5 Å². The van der Waals surface area contributed by atoms with Gasteiger partial charge in [0, 0.05) is 20.9 Å². The van der Waals surface area contributed by atoms with Gasteiger partial charge in [-0.1, -0.05) is 103 Å². The molecule has 0 amide bonds. The van der Waals surface area contributed by atoms with Crippen LogP contribution in [0.25, 0.3) is 0 Å². The Kier molecular flexibility index (Phi) is 6.13. The average Bonchev–Trinajstić information content (AvgIpc) is 3.28. The van der Waals surface area contributed by atoms with Gasteiger partial charge < -0.3 is 0 Å². The zero-order valence-electron chi connectivity index (χ0n) is 19.4. The molecule has 1 unspecified atom stereocenters. The lowest BCUT2D eigenvalue weighted by Gasteiger charge is -2.43. The van der Waals surface area contributed by atoms with Crippen LogP contribution >= 0.6 is 23.4 Å². The number of para-hydroxylation sites is 1. The monoisotopic (exact) mass is 494 g/mol. The van der Waals surface area contributed by atoms with Crippen LogP contribution in [0.4, 0.5) is 5.69 Å². The Bertz CT molecular complexity index is 1260. The minimum Gasteiger partial charge on any atom is -0.264 e. The van der Waals surface area contributed by atoms with Crippen LogP contribution in [-0.2, 0) is 0 Å². The van der Waals surface area contributed by atoms with Crippen LogP contribution < -0.4 is 5.01 Å². The maximum Gasteiger partial charge on any atom is 0.0763 e. The van der Waals surface area contributed by atoms with Crippen LogP contribution in [-0.4, -0.2) is 12.3 Å². The van der Waals surface area contributed by atoms with Crippen LogP contribution in [0, 0.1) is 5.41 Å². The largest absolute Gasteiger partial charge is 0.264 e. The van der Waals surface area contributed by atoms with Crippen molar-refractivity contribution < 1.29 is 0 Å².